The van der Waals surface area contributed by atoms with Gasteiger partial charge in [0.15, 0.2) is 5.65 Å². The molecule has 116 valence electrons. The molecule has 0 bridgehead atoms. The lowest BCUT2D eigenvalue weighted by Crippen LogP contribution is -2.12. The van der Waals surface area contributed by atoms with Gasteiger partial charge in [-0.25, -0.2) is 5.84 Å². The van der Waals surface area contributed by atoms with Crippen LogP contribution in [0.3, 0.4) is 0 Å². The van der Waals surface area contributed by atoms with Crippen LogP contribution in [-0.4, -0.2) is 26.7 Å². The van der Waals surface area contributed by atoms with Crippen LogP contribution in [0.1, 0.15) is 46.0 Å². The molecule has 21 heavy (non-hydrogen) atoms. The van der Waals surface area contributed by atoms with E-state index in [0.717, 1.165) is 30.1 Å². The molecule has 0 radical (unpaired) electrons. The molecule has 0 aliphatic heterocycles. The molecule has 2 heterocycles. The second-order valence-corrected chi connectivity index (χ2v) is 5.70. The molecule has 2 aromatic heterocycles. The minimum atomic E-state index is 0.381. The number of fused-ring (bicyclic) bond motifs is 1. The molecule has 0 saturated carbocycles. The van der Waals surface area contributed by atoms with E-state index in [1.54, 1.807) is 6.20 Å². The lowest BCUT2D eigenvalue weighted by Gasteiger charge is -2.08. The Morgan fingerprint density at radius 2 is 2.00 bits per heavy atom. The van der Waals surface area contributed by atoms with Crippen molar-refractivity contribution in [2.75, 3.05) is 17.3 Å². The molecular weight excluding hydrogens is 266 g/mol. The van der Waals surface area contributed by atoms with Crippen LogP contribution in [0, 0.1) is 5.92 Å². The van der Waals surface area contributed by atoms with Crippen molar-refractivity contribution in [3.8, 4) is 0 Å². The van der Waals surface area contributed by atoms with Crippen molar-refractivity contribution in [2.45, 2.75) is 46.0 Å². The molecule has 0 aliphatic carbocycles. The molecule has 2 aromatic rings. The van der Waals surface area contributed by atoms with Gasteiger partial charge in [-0.05, 0) is 12.3 Å². The van der Waals surface area contributed by atoms with Gasteiger partial charge in [0.05, 0.1) is 11.6 Å². The van der Waals surface area contributed by atoms with Crippen LogP contribution in [-0.2, 0) is 0 Å². The summed E-state index contributed by atoms with van der Waals surface area (Å²) >= 11 is 0. The Morgan fingerprint density at radius 3 is 2.76 bits per heavy atom. The molecule has 0 aromatic carbocycles. The minimum Gasteiger partial charge on any atom is -0.369 e. The number of nitrogen functional groups attached to an aromatic ring is 1. The Labute approximate surface area is 125 Å². The predicted octanol–water partition coefficient (Wildman–Crippen LogP) is 2.66. The second-order valence-electron chi connectivity index (χ2n) is 5.70. The van der Waals surface area contributed by atoms with Gasteiger partial charge in [-0.3, -0.25) is 10.5 Å². The van der Waals surface area contributed by atoms with E-state index in [0.29, 0.717) is 11.6 Å². The molecule has 2 rings (SSSR count). The summed E-state index contributed by atoms with van der Waals surface area (Å²) in [5.41, 5.74) is 3.15. The largest absolute Gasteiger partial charge is 0.369 e. The third-order valence-electron chi connectivity index (χ3n) is 3.44. The van der Waals surface area contributed by atoms with Crippen molar-refractivity contribution < 1.29 is 0 Å². The monoisotopic (exact) mass is 291 g/mol. The maximum absolute atomic E-state index is 5.38. The Kier molecular flexibility index (Phi) is 5.74. The van der Waals surface area contributed by atoms with Crippen molar-refractivity contribution in [3.05, 3.63) is 6.20 Å². The normalized spacial score (nSPS) is 11.2. The summed E-state index contributed by atoms with van der Waals surface area (Å²) in [7, 11) is 0. The minimum absolute atomic E-state index is 0.381. The van der Waals surface area contributed by atoms with E-state index in [1.807, 2.05) is 0 Å². The van der Waals surface area contributed by atoms with Crippen molar-refractivity contribution in [1.29, 1.82) is 0 Å². The Hall–Kier alpha value is -1.89. The van der Waals surface area contributed by atoms with E-state index in [-0.39, 0.29) is 0 Å². The first kappa shape index (κ1) is 15.5. The molecule has 7 heteroatoms. The maximum atomic E-state index is 5.38. The third-order valence-corrected chi connectivity index (χ3v) is 3.44. The topological polar surface area (TPSA) is 105 Å². The van der Waals surface area contributed by atoms with Gasteiger partial charge in [-0.1, -0.05) is 39.5 Å². The van der Waals surface area contributed by atoms with Gasteiger partial charge in [-0.15, -0.1) is 0 Å². The van der Waals surface area contributed by atoms with Crippen molar-refractivity contribution in [1.82, 2.24) is 20.2 Å². The molecule has 0 fully saturated rings. The summed E-state index contributed by atoms with van der Waals surface area (Å²) in [5.74, 6) is 7.33. The van der Waals surface area contributed by atoms with E-state index in [1.165, 1.54) is 25.7 Å². The number of nitrogens with one attached hydrogen (secondary N) is 3. The zero-order chi connectivity index (χ0) is 15.1. The van der Waals surface area contributed by atoms with Crippen LogP contribution >= 0.6 is 0 Å². The Morgan fingerprint density at radius 1 is 1.19 bits per heavy atom. The number of hydrogen-bond donors (Lipinski definition) is 4. The van der Waals surface area contributed by atoms with E-state index >= 15 is 0 Å². The fourth-order valence-corrected chi connectivity index (χ4v) is 2.27. The first-order valence-corrected chi connectivity index (χ1v) is 7.62. The molecule has 0 saturated heterocycles. The summed E-state index contributed by atoms with van der Waals surface area (Å²) in [5, 5.41) is 11.0. The number of anilines is 2. The van der Waals surface area contributed by atoms with Gasteiger partial charge in [0.2, 0.25) is 5.95 Å². The van der Waals surface area contributed by atoms with Gasteiger partial charge >= 0.3 is 0 Å². The number of hydrazine groups is 1. The van der Waals surface area contributed by atoms with Gasteiger partial charge in [0, 0.05) is 6.54 Å². The number of unbranched alkanes of at least 4 members (excludes halogenated alkanes) is 3. The SMILES string of the molecule is CC(C)CCCCCCNc1nc(NN)nc2[nH]ncc12. The van der Waals surface area contributed by atoms with Crippen molar-refractivity contribution in [3.63, 3.8) is 0 Å². The number of aromatic amines is 1. The number of hydrogen-bond acceptors (Lipinski definition) is 6. The average Bonchev–Trinajstić information content (AvgIpc) is 2.94. The molecule has 5 N–H and O–H groups in total. The van der Waals surface area contributed by atoms with E-state index in [9.17, 15) is 0 Å². The zero-order valence-electron chi connectivity index (χ0n) is 12.8. The molecule has 0 spiro atoms. The second kappa shape index (κ2) is 7.78. The van der Waals surface area contributed by atoms with Crippen LogP contribution in [0.25, 0.3) is 11.0 Å². The highest BCUT2D eigenvalue weighted by molar-refractivity contribution is 5.86. The third kappa shape index (κ3) is 4.56. The van der Waals surface area contributed by atoms with Crippen molar-refractivity contribution >= 4 is 22.8 Å². The van der Waals surface area contributed by atoms with Crippen LogP contribution in [0.5, 0.6) is 0 Å². The quantitative estimate of drug-likeness (QED) is 0.321. The zero-order valence-corrected chi connectivity index (χ0v) is 12.8. The number of nitrogens with two attached hydrogens (primary N) is 1. The van der Waals surface area contributed by atoms with Crippen LogP contribution in [0.2, 0.25) is 0 Å². The van der Waals surface area contributed by atoms with Gasteiger partial charge in [0.1, 0.15) is 5.82 Å². The predicted molar refractivity (Wildman–Crippen MR) is 85.9 cm³/mol. The smallest absolute Gasteiger partial charge is 0.241 e. The number of H-pyrrole nitrogens is 1. The summed E-state index contributed by atoms with van der Waals surface area (Å²) < 4.78 is 0. The summed E-state index contributed by atoms with van der Waals surface area (Å²) in [4.78, 5) is 8.52. The Bertz CT molecular complexity index is 549. The lowest BCUT2D eigenvalue weighted by atomic mass is 10.0. The summed E-state index contributed by atoms with van der Waals surface area (Å²) in [6, 6.07) is 0. The first-order valence-electron chi connectivity index (χ1n) is 7.62. The van der Waals surface area contributed by atoms with E-state index in [2.05, 4.69) is 44.8 Å². The van der Waals surface area contributed by atoms with Crippen LogP contribution in [0.4, 0.5) is 11.8 Å². The fraction of sp³-hybridized carbons (Fsp3) is 0.643. The number of aromatic nitrogens is 4. The average molecular weight is 291 g/mol. The number of rotatable bonds is 9. The highest BCUT2D eigenvalue weighted by atomic mass is 15.3. The fourth-order valence-electron chi connectivity index (χ4n) is 2.27. The maximum Gasteiger partial charge on any atom is 0.241 e. The number of nitrogens with zero attached hydrogens (tertiary/aromatic N) is 3. The van der Waals surface area contributed by atoms with Crippen molar-refractivity contribution in [2.24, 2.45) is 11.8 Å². The van der Waals surface area contributed by atoms with Crippen LogP contribution < -0.4 is 16.6 Å². The van der Waals surface area contributed by atoms with Gasteiger partial charge in [0.25, 0.3) is 0 Å². The van der Waals surface area contributed by atoms with E-state index in [4.69, 9.17) is 5.84 Å². The molecule has 0 amide bonds. The summed E-state index contributed by atoms with van der Waals surface area (Å²) in [6.07, 6.45) is 8.02. The highest BCUT2D eigenvalue weighted by Gasteiger charge is 2.08. The standard InChI is InChI=1S/C14H25N7/c1-10(2)7-5-3-4-6-8-16-12-11-9-17-21-13(11)19-14(18-12)20-15/h9-10H,3-8,15H2,1-2H3,(H3,16,17,18,19,20,21). The van der Waals surface area contributed by atoms with Crippen LogP contribution in [0.15, 0.2) is 6.20 Å². The van der Waals surface area contributed by atoms with E-state index < -0.39 is 0 Å². The first-order chi connectivity index (χ1) is 10.2. The molecular formula is C14H25N7. The molecule has 7 nitrogen and oxygen atoms in total. The summed E-state index contributed by atoms with van der Waals surface area (Å²) in [6.45, 7) is 5.44. The molecule has 0 unspecified atom stereocenters. The Balaban J connectivity index is 1.79. The molecule has 0 aliphatic rings. The van der Waals surface area contributed by atoms with Gasteiger partial charge in [-0.2, -0.15) is 15.1 Å². The lowest BCUT2D eigenvalue weighted by molar-refractivity contribution is 0.523. The molecule has 0 atom stereocenters. The highest BCUT2D eigenvalue weighted by Crippen LogP contribution is 2.19. The van der Waals surface area contributed by atoms with Gasteiger partial charge < -0.3 is 5.32 Å².